The molecule has 3 rings (SSSR count). The van der Waals surface area contributed by atoms with Crippen molar-refractivity contribution in [2.75, 3.05) is 11.4 Å². The van der Waals surface area contributed by atoms with Crippen LogP contribution in [0.5, 0.6) is 0 Å². The molecule has 0 aromatic heterocycles. The fraction of sp³-hybridized carbons (Fsp3) is 0.158. The Kier molecular flexibility index (Phi) is 4.58. The van der Waals surface area contributed by atoms with Crippen molar-refractivity contribution in [1.29, 1.82) is 0 Å². The van der Waals surface area contributed by atoms with E-state index < -0.39 is 0 Å². The van der Waals surface area contributed by atoms with E-state index in [9.17, 15) is 9.59 Å². The zero-order valence-electron chi connectivity index (χ0n) is 12.5. The van der Waals surface area contributed by atoms with E-state index in [1.165, 1.54) is 0 Å². The number of carbonyl (C=O) groups excluding carboxylic acids is 2. The number of ketones is 1. The first-order valence-corrected chi connectivity index (χ1v) is 7.90. The number of amides is 1. The lowest BCUT2D eigenvalue weighted by Gasteiger charge is -2.15. The van der Waals surface area contributed by atoms with E-state index in [2.05, 4.69) is 0 Å². The largest absolute Gasteiger partial charge is 0.312 e. The van der Waals surface area contributed by atoms with Gasteiger partial charge in [0.2, 0.25) is 5.91 Å². The minimum absolute atomic E-state index is 0.0701. The van der Waals surface area contributed by atoms with E-state index in [1.54, 1.807) is 41.3 Å². The maximum absolute atomic E-state index is 12.2. The Bertz CT molecular complexity index is 748. The van der Waals surface area contributed by atoms with Gasteiger partial charge in [-0.1, -0.05) is 29.8 Å². The van der Waals surface area contributed by atoms with E-state index in [0.717, 1.165) is 24.2 Å². The van der Waals surface area contributed by atoms with Crippen LogP contribution >= 0.6 is 11.6 Å². The highest BCUT2D eigenvalue weighted by Gasteiger charge is 2.21. The van der Waals surface area contributed by atoms with E-state index in [1.807, 2.05) is 24.3 Å². The Hall–Kier alpha value is -2.39. The molecule has 0 saturated carbocycles. The third-order valence-electron chi connectivity index (χ3n) is 3.83. The Morgan fingerprint density at radius 3 is 2.35 bits per heavy atom. The smallest absolute Gasteiger partial charge is 0.227 e. The molecule has 1 aliphatic rings. The minimum atomic E-state index is -0.0701. The number of halogens is 1. The molecule has 0 spiro atoms. The van der Waals surface area contributed by atoms with Gasteiger partial charge in [-0.05, 0) is 54.5 Å². The third kappa shape index (κ3) is 3.69. The van der Waals surface area contributed by atoms with Crippen LogP contribution < -0.4 is 4.90 Å². The first-order chi connectivity index (χ1) is 11.1. The fourth-order valence-electron chi connectivity index (χ4n) is 2.57. The Balaban J connectivity index is 1.70. The average Bonchev–Trinajstić information content (AvgIpc) is 3.00. The molecule has 3 nitrogen and oxygen atoms in total. The van der Waals surface area contributed by atoms with Gasteiger partial charge in [0.15, 0.2) is 5.78 Å². The zero-order valence-corrected chi connectivity index (χ0v) is 13.3. The highest BCUT2D eigenvalue weighted by atomic mass is 35.5. The van der Waals surface area contributed by atoms with Crippen LogP contribution in [-0.4, -0.2) is 18.2 Å². The molecule has 0 N–H and O–H groups in total. The SMILES string of the molecule is O=C(/C=C/c1ccc(Cl)cc1)c1ccc(N2CCCC2=O)cc1. The summed E-state index contributed by atoms with van der Waals surface area (Å²) in [4.78, 5) is 25.7. The van der Waals surface area contributed by atoms with Gasteiger partial charge in [-0.2, -0.15) is 0 Å². The van der Waals surface area contributed by atoms with Crippen LogP contribution in [0, 0.1) is 0 Å². The summed E-state index contributed by atoms with van der Waals surface area (Å²) in [6.07, 6.45) is 4.80. The molecule has 0 bridgehead atoms. The molecule has 0 unspecified atom stereocenters. The molecule has 0 aliphatic carbocycles. The van der Waals surface area contributed by atoms with E-state index in [-0.39, 0.29) is 11.7 Å². The van der Waals surface area contributed by atoms with Gasteiger partial charge in [-0.3, -0.25) is 9.59 Å². The maximum Gasteiger partial charge on any atom is 0.227 e. The maximum atomic E-state index is 12.2. The zero-order chi connectivity index (χ0) is 16.2. The summed E-state index contributed by atoms with van der Waals surface area (Å²) in [5.74, 6) is 0.0750. The molecule has 1 heterocycles. The predicted octanol–water partition coefficient (Wildman–Crippen LogP) is 4.36. The normalized spacial score (nSPS) is 14.7. The number of carbonyl (C=O) groups is 2. The summed E-state index contributed by atoms with van der Waals surface area (Å²) in [5.41, 5.74) is 2.37. The Labute approximate surface area is 140 Å². The number of nitrogens with zero attached hydrogens (tertiary/aromatic N) is 1. The number of hydrogen-bond acceptors (Lipinski definition) is 2. The number of rotatable bonds is 4. The quantitative estimate of drug-likeness (QED) is 0.618. The third-order valence-corrected chi connectivity index (χ3v) is 4.09. The van der Waals surface area contributed by atoms with Crippen LogP contribution in [0.25, 0.3) is 6.08 Å². The van der Waals surface area contributed by atoms with Crippen LogP contribution in [-0.2, 0) is 4.79 Å². The lowest BCUT2D eigenvalue weighted by atomic mass is 10.1. The van der Waals surface area contributed by atoms with Crippen molar-refractivity contribution >= 4 is 35.1 Å². The second kappa shape index (κ2) is 6.80. The summed E-state index contributed by atoms with van der Waals surface area (Å²) in [6.45, 7) is 0.753. The van der Waals surface area contributed by atoms with Gasteiger partial charge in [0.05, 0.1) is 0 Å². The van der Waals surface area contributed by atoms with Gasteiger partial charge in [0.1, 0.15) is 0 Å². The number of allylic oxidation sites excluding steroid dienone is 1. The molecule has 116 valence electrons. The van der Waals surface area contributed by atoms with Crippen molar-refractivity contribution in [3.8, 4) is 0 Å². The summed E-state index contributed by atoms with van der Waals surface area (Å²) in [7, 11) is 0. The van der Waals surface area contributed by atoms with Gasteiger partial charge in [0, 0.05) is 29.2 Å². The van der Waals surface area contributed by atoms with Crippen LogP contribution in [0.1, 0.15) is 28.8 Å². The molecular formula is C19H16ClNO2. The van der Waals surface area contributed by atoms with Crippen LogP contribution in [0.3, 0.4) is 0 Å². The van der Waals surface area contributed by atoms with Gasteiger partial charge in [-0.15, -0.1) is 0 Å². The van der Waals surface area contributed by atoms with Crippen molar-refractivity contribution < 1.29 is 9.59 Å². The van der Waals surface area contributed by atoms with Crippen LogP contribution in [0.4, 0.5) is 5.69 Å². The van der Waals surface area contributed by atoms with Gasteiger partial charge in [0.25, 0.3) is 0 Å². The van der Waals surface area contributed by atoms with Crippen molar-refractivity contribution in [3.63, 3.8) is 0 Å². The Morgan fingerprint density at radius 2 is 1.74 bits per heavy atom. The molecule has 23 heavy (non-hydrogen) atoms. The Morgan fingerprint density at radius 1 is 1.04 bits per heavy atom. The second-order valence-corrected chi connectivity index (χ2v) is 5.88. The minimum Gasteiger partial charge on any atom is -0.312 e. The molecule has 1 saturated heterocycles. The summed E-state index contributed by atoms with van der Waals surface area (Å²) >= 11 is 5.83. The number of benzene rings is 2. The molecule has 1 amide bonds. The van der Waals surface area contributed by atoms with E-state index >= 15 is 0 Å². The second-order valence-electron chi connectivity index (χ2n) is 5.44. The highest BCUT2D eigenvalue weighted by Crippen LogP contribution is 2.22. The molecule has 2 aromatic carbocycles. The standard InChI is InChI=1S/C19H16ClNO2/c20-16-8-3-14(4-9-16)5-12-18(22)15-6-10-17(11-7-15)21-13-1-2-19(21)23/h3-12H,1-2,13H2/b12-5+. The average molecular weight is 326 g/mol. The predicted molar refractivity (Wildman–Crippen MR) is 92.8 cm³/mol. The van der Waals surface area contributed by atoms with Crippen LogP contribution in [0.2, 0.25) is 5.02 Å². The summed E-state index contributed by atoms with van der Waals surface area (Å²) in [6, 6.07) is 14.5. The number of anilines is 1. The summed E-state index contributed by atoms with van der Waals surface area (Å²) in [5, 5.41) is 0.667. The first kappa shape index (κ1) is 15.5. The molecule has 1 fully saturated rings. The molecule has 0 atom stereocenters. The molecule has 2 aromatic rings. The molecular weight excluding hydrogens is 310 g/mol. The topological polar surface area (TPSA) is 37.4 Å². The van der Waals surface area contributed by atoms with Crippen molar-refractivity contribution in [2.45, 2.75) is 12.8 Å². The summed E-state index contributed by atoms with van der Waals surface area (Å²) < 4.78 is 0. The number of hydrogen-bond donors (Lipinski definition) is 0. The van der Waals surface area contributed by atoms with Crippen LogP contribution in [0.15, 0.2) is 54.6 Å². The lowest BCUT2D eigenvalue weighted by molar-refractivity contribution is -0.117. The lowest BCUT2D eigenvalue weighted by Crippen LogP contribution is -2.23. The molecule has 4 heteroatoms. The molecule has 0 radical (unpaired) electrons. The van der Waals surface area contributed by atoms with Gasteiger partial charge >= 0.3 is 0 Å². The van der Waals surface area contributed by atoms with Crippen molar-refractivity contribution in [2.24, 2.45) is 0 Å². The fourth-order valence-corrected chi connectivity index (χ4v) is 2.69. The highest BCUT2D eigenvalue weighted by molar-refractivity contribution is 6.30. The van der Waals surface area contributed by atoms with Gasteiger partial charge in [-0.25, -0.2) is 0 Å². The monoisotopic (exact) mass is 325 g/mol. The first-order valence-electron chi connectivity index (χ1n) is 7.52. The molecule has 1 aliphatic heterocycles. The van der Waals surface area contributed by atoms with Gasteiger partial charge < -0.3 is 4.90 Å². The van der Waals surface area contributed by atoms with Crippen molar-refractivity contribution in [3.05, 3.63) is 70.8 Å². The van der Waals surface area contributed by atoms with Crippen molar-refractivity contribution in [1.82, 2.24) is 0 Å². The van der Waals surface area contributed by atoms with E-state index in [4.69, 9.17) is 11.6 Å². The van der Waals surface area contributed by atoms with E-state index in [0.29, 0.717) is 17.0 Å².